The average Bonchev–Trinajstić information content (AvgIpc) is 1.97. The molecule has 0 bridgehead atoms. The van der Waals surface area contributed by atoms with Gasteiger partial charge in [-0.25, -0.2) is 0 Å². The van der Waals surface area contributed by atoms with Gasteiger partial charge in [-0.2, -0.15) is 0 Å². The smallest absolute Gasteiger partial charge is 0.142 e. The fourth-order valence-electron chi connectivity index (χ4n) is 0.672. The van der Waals surface area contributed by atoms with Gasteiger partial charge in [0.25, 0.3) is 0 Å². The van der Waals surface area contributed by atoms with Gasteiger partial charge in [0.1, 0.15) is 6.29 Å². The average molecular weight is 138 g/mol. The molecule has 0 aromatic carbocycles. The molecule has 0 aromatic rings. The van der Waals surface area contributed by atoms with Gasteiger partial charge in [0.05, 0.1) is 0 Å². The molecule has 0 aliphatic rings. The Balaban J connectivity index is 3.04. The summed E-state index contributed by atoms with van der Waals surface area (Å²) in [7, 11) is 0. The van der Waals surface area contributed by atoms with E-state index in [0.717, 1.165) is 25.5 Å². The van der Waals surface area contributed by atoms with Crippen LogP contribution in [0.5, 0.6) is 0 Å². The minimum absolute atomic E-state index is 0.815. The maximum absolute atomic E-state index is 9.79. The van der Waals surface area contributed by atoms with Crippen LogP contribution in [0.25, 0.3) is 0 Å². The normalized spacial score (nSPS) is 11.3. The highest BCUT2D eigenvalue weighted by Crippen LogP contribution is 1.96. The summed E-state index contributed by atoms with van der Waals surface area (Å²) >= 11 is 0. The highest BCUT2D eigenvalue weighted by molar-refractivity contribution is 5.64. The van der Waals surface area contributed by atoms with Crippen molar-refractivity contribution in [3.63, 3.8) is 0 Å². The number of hydrogen-bond acceptors (Lipinski definition) is 1. The Morgan fingerprint density at radius 3 is 2.50 bits per heavy atom. The van der Waals surface area contributed by atoms with Crippen LogP contribution in [0.2, 0.25) is 0 Å². The first-order chi connectivity index (χ1) is 4.91. The van der Waals surface area contributed by atoms with E-state index in [4.69, 9.17) is 0 Å². The maximum atomic E-state index is 9.79. The zero-order valence-corrected chi connectivity index (χ0v) is 6.42. The molecule has 0 rings (SSSR count). The molecule has 1 nitrogen and oxygen atoms in total. The number of rotatable bonds is 5. The van der Waals surface area contributed by atoms with Gasteiger partial charge in [-0.3, -0.25) is 4.79 Å². The summed E-state index contributed by atoms with van der Waals surface area (Å²) in [6, 6.07) is 0. The predicted octanol–water partition coefficient (Wildman–Crippen LogP) is 2.49. The van der Waals surface area contributed by atoms with Gasteiger partial charge in [-0.1, -0.05) is 18.2 Å². The molecule has 0 aromatic heterocycles. The molecule has 56 valence electrons. The molecule has 0 N–H and O–H groups in total. The van der Waals surface area contributed by atoms with Crippen molar-refractivity contribution in [3.8, 4) is 0 Å². The lowest BCUT2D eigenvalue weighted by atomic mass is 10.2. The van der Waals surface area contributed by atoms with Gasteiger partial charge in [0.2, 0.25) is 0 Å². The van der Waals surface area contributed by atoms with Gasteiger partial charge in [0, 0.05) is 0 Å². The highest BCUT2D eigenvalue weighted by Gasteiger charge is 1.77. The van der Waals surface area contributed by atoms with E-state index in [1.807, 2.05) is 19.1 Å². The third-order valence-corrected chi connectivity index (χ3v) is 1.19. The third kappa shape index (κ3) is 7.15. The zero-order valence-electron chi connectivity index (χ0n) is 6.42. The van der Waals surface area contributed by atoms with Crippen molar-refractivity contribution in [2.75, 3.05) is 0 Å². The van der Waals surface area contributed by atoms with Crippen molar-refractivity contribution < 1.29 is 4.79 Å². The second-order valence-corrected chi connectivity index (χ2v) is 2.06. The number of hydrogen-bond donors (Lipinski definition) is 0. The monoisotopic (exact) mass is 138 g/mol. The zero-order chi connectivity index (χ0) is 7.66. The fraction of sp³-hybridized carbons (Fsp3) is 0.444. The Morgan fingerprint density at radius 2 is 1.90 bits per heavy atom. The van der Waals surface area contributed by atoms with Crippen LogP contribution in [0.15, 0.2) is 24.3 Å². The van der Waals surface area contributed by atoms with Crippen LogP contribution >= 0.6 is 0 Å². The topological polar surface area (TPSA) is 17.1 Å². The number of carbonyl (C=O) groups excluding carboxylic acids is 1. The number of unbranched alkanes of at least 4 members (excludes halogenated alkanes) is 2. The quantitative estimate of drug-likeness (QED) is 0.247. The molecule has 0 amide bonds. The molecular formula is C9H14O. The summed E-state index contributed by atoms with van der Waals surface area (Å²) in [5, 5.41) is 0. The van der Waals surface area contributed by atoms with E-state index < -0.39 is 0 Å². The molecule has 0 saturated heterocycles. The van der Waals surface area contributed by atoms with Crippen molar-refractivity contribution in [1.82, 2.24) is 0 Å². The molecule has 0 unspecified atom stereocenters. The predicted molar refractivity (Wildman–Crippen MR) is 43.9 cm³/mol. The molecule has 0 spiro atoms. The van der Waals surface area contributed by atoms with Crippen LogP contribution in [0.4, 0.5) is 0 Å². The van der Waals surface area contributed by atoms with Crippen LogP contribution in [-0.2, 0) is 4.79 Å². The lowest BCUT2D eigenvalue weighted by Crippen LogP contribution is -1.68. The number of allylic oxidation sites excluding steroid dienone is 4. The van der Waals surface area contributed by atoms with Crippen molar-refractivity contribution in [1.29, 1.82) is 0 Å². The van der Waals surface area contributed by atoms with Crippen molar-refractivity contribution in [2.24, 2.45) is 0 Å². The van der Waals surface area contributed by atoms with E-state index in [-0.39, 0.29) is 0 Å². The van der Waals surface area contributed by atoms with Gasteiger partial charge >= 0.3 is 0 Å². The molecule has 0 aliphatic heterocycles. The van der Waals surface area contributed by atoms with Crippen LogP contribution in [0.1, 0.15) is 26.2 Å². The highest BCUT2D eigenvalue weighted by atomic mass is 16.1. The molecule has 0 aliphatic carbocycles. The first-order valence-electron chi connectivity index (χ1n) is 3.63. The van der Waals surface area contributed by atoms with Crippen LogP contribution < -0.4 is 0 Å². The summed E-state index contributed by atoms with van der Waals surface area (Å²) in [5.74, 6) is 0. The Morgan fingerprint density at radius 1 is 1.20 bits per heavy atom. The van der Waals surface area contributed by atoms with Crippen LogP contribution in [0.3, 0.4) is 0 Å². The summed E-state index contributed by atoms with van der Waals surface area (Å²) in [6.45, 7) is 2.02. The molecule has 1 heteroatoms. The Kier molecular flexibility index (Phi) is 7.46. The first-order valence-corrected chi connectivity index (χ1v) is 3.63. The summed E-state index contributed by atoms with van der Waals surface area (Å²) in [5.41, 5.74) is 0. The van der Waals surface area contributed by atoms with E-state index in [1.54, 1.807) is 6.08 Å². The Labute approximate surface area is 62.4 Å². The SMILES string of the molecule is C/C=C\CCC/C=C/C=O. The van der Waals surface area contributed by atoms with Gasteiger partial charge in [0.15, 0.2) is 0 Å². The number of aldehydes is 1. The molecule has 10 heavy (non-hydrogen) atoms. The van der Waals surface area contributed by atoms with Crippen LogP contribution in [0, 0.1) is 0 Å². The van der Waals surface area contributed by atoms with Gasteiger partial charge in [-0.15, -0.1) is 0 Å². The van der Waals surface area contributed by atoms with Gasteiger partial charge < -0.3 is 0 Å². The summed E-state index contributed by atoms with van der Waals surface area (Å²) in [4.78, 5) is 9.79. The van der Waals surface area contributed by atoms with Crippen molar-refractivity contribution in [2.45, 2.75) is 26.2 Å². The first kappa shape index (κ1) is 9.15. The van der Waals surface area contributed by atoms with E-state index in [2.05, 4.69) is 6.08 Å². The van der Waals surface area contributed by atoms with Crippen LogP contribution in [-0.4, -0.2) is 6.29 Å². The lowest BCUT2D eigenvalue weighted by molar-refractivity contribution is -0.104. The molecule has 0 saturated carbocycles. The van der Waals surface area contributed by atoms with E-state index in [9.17, 15) is 4.79 Å². The largest absolute Gasteiger partial charge is 0.299 e. The number of carbonyl (C=O) groups is 1. The Bertz CT molecular complexity index is 123. The van der Waals surface area contributed by atoms with E-state index >= 15 is 0 Å². The standard InChI is InChI=1S/C9H14O/c1-2-3-4-5-6-7-8-9-10/h2-3,7-9H,4-6H2,1H3/b3-2-,8-7+. The molecule has 0 fully saturated rings. The lowest BCUT2D eigenvalue weighted by Gasteiger charge is -1.86. The second-order valence-electron chi connectivity index (χ2n) is 2.06. The minimum atomic E-state index is 0.815. The molecule has 0 radical (unpaired) electrons. The molecule has 0 atom stereocenters. The minimum Gasteiger partial charge on any atom is -0.299 e. The fourth-order valence-corrected chi connectivity index (χ4v) is 0.672. The summed E-state index contributed by atoms with van der Waals surface area (Å²) in [6.07, 6.45) is 11.7. The van der Waals surface area contributed by atoms with E-state index in [1.165, 1.54) is 0 Å². The third-order valence-electron chi connectivity index (χ3n) is 1.19. The second kappa shape index (κ2) is 8.15. The maximum Gasteiger partial charge on any atom is 0.142 e. The van der Waals surface area contributed by atoms with Gasteiger partial charge in [-0.05, 0) is 32.3 Å². The Hall–Kier alpha value is -0.850. The molecular weight excluding hydrogens is 124 g/mol. The van der Waals surface area contributed by atoms with Crippen molar-refractivity contribution in [3.05, 3.63) is 24.3 Å². The molecule has 0 heterocycles. The van der Waals surface area contributed by atoms with Crippen molar-refractivity contribution >= 4 is 6.29 Å². The summed E-state index contributed by atoms with van der Waals surface area (Å²) < 4.78 is 0. The van der Waals surface area contributed by atoms with E-state index in [0.29, 0.717) is 0 Å².